The molecule has 1 N–H and O–H groups in total. The summed E-state index contributed by atoms with van der Waals surface area (Å²) in [6.45, 7) is 0.275. The fraction of sp³-hybridized carbons (Fsp3) is 0.182. The van der Waals surface area contributed by atoms with E-state index >= 15 is 0 Å². The van der Waals surface area contributed by atoms with Crippen molar-refractivity contribution in [2.45, 2.75) is 13.0 Å². The van der Waals surface area contributed by atoms with Gasteiger partial charge in [0.1, 0.15) is 0 Å². The number of carbonyl (C=O) groups is 2. The molecule has 1 heterocycles. The molecule has 0 atom stereocenters. The maximum Gasteiger partial charge on any atom is 0.352 e. The first-order chi connectivity index (χ1) is 8.08. The molecule has 0 bridgehead atoms. The molecule has 1 amide bonds. The van der Waals surface area contributed by atoms with Crippen molar-refractivity contribution in [2.75, 3.05) is 0 Å². The Labute approximate surface area is 106 Å². The second-order valence-electron chi connectivity index (χ2n) is 3.57. The van der Waals surface area contributed by atoms with Gasteiger partial charge in [0.05, 0.1) is 13.0 Å². The maximum absolute atomic E-state index is 11.5. The second-order valence-corrected chi connectivity index (χ2v) is 4.43. The lowest BCUT2D eigenvalue weighted by Crippen LogP contribution is -2.20. The van der Waals surface area contributed by atoms with E-state index < -0.39 is 5.97 Å². The molecule has 0 radical (unpaired) electrons. The van der Waals surface area contributed by atoms with Crippen LogP contribution in [-0.2, 0) is 16.1 Å². The molecule has 6 heteroatoms. The van der Waals surface area contributed by atoms with E-state index in [1.54, 1.807) is 0 Å². The van der Waals surface area contributed by atoms with E-state index in [2.05, 4.69) is 21.0 Å². The van der Waals surface area contributed by atoms with Crippen molar-refractivity contribution in [1.29, 1.82) is 0 Å². The van der Waals surface area contributed by atoms with Crippen LogP contribution in [0.2, 0.25) is 0 Å². The van der Waals surface area contributed by atoms with Gasteiger partial charge in [-0.3, -0.25) is 4.79 Å². The molecule has 0 saturated carbocycles. The topological polar surface area (TPSA) is 70.0 Å². The summed E-state index contributed by atoms with van der Waals surface area (Å²) in [4.78, 5) is 22.2. The van der Waals surface area contributed by atoms with Crippen molar-refractivity contribution < 1.29 is 14.7 Å². The Morgan fingerprint density at radius 2 is 2.18 bits per heavy atom. The summed E-state index contributed by atoms with van der Waals surface area (Å²) in [5.41, 5.74) is 0.776. The number of hydrazone groups is 1. The normalized spacial score (nSPS) is 15.0. The zero-order valence-corrected chi connectivity index (χ0v) is 10.3. The molecule has 88 valence electrons. The van der Waals surface area contributed by atoms with E-state index in [0.29, 0.717) is 0 Å². The van der Waals surface area contributed by atoms with Crippen LogP contribution in [0.15, 0.2) is 33.8 Å². The molecule has 0 fully saturated rings. The zero-order valence-electron chi connectivity index (χ0n) is 8.76. The number of aliphatic carboxylic acids is 1. The Kier molecular flexibility index (Phi) is 3.23. The van der Waals surface area contributed by atoms with Crippen molar-refractivity contribution in [3.05, 3.63) is 34.3 Å². The molecular formula is C11H9BrN2O3. The summed E-state index contributed by atoms with van der Waals surface area (Å²) < 4.78 is 0.867. The number of amides is 1. The lowest BCUT2D eigenvalue weighted by molar-refractivity contribution is -0.131. The minimum atomic E-state index is -1.15. The van der Waals surface area contributed by atoms with Gasteiger partial charge in [-0.25, -0.2) is 9.80 Å². The van der Waals surface area contributed by atoms with E-state index in [1.807, 2.05) is 24.3 Å². The number of rotatable bonds is 3. The van der Waals surface area contributed by atoms with E-state index in [1.165, 1.54) is 5.01 Å². The van der Waals surface area contributed by atoms with Gasteiger partial charge in [0.2, 0.25) is 5.91 Å². The third-order valence-corrected chi connectivity index (χ3v) is 3.15. The number of halogens is 1. The predicted octanol–water partition coefficient (Wildman–Crippen LogP) is 1.62. The monoisotopic (exact) mass is 296 g/mol. The first kappa shape index (κ1) is 11.8. The number of benzene rings is 1. The summed E-state index contributed by atoms with van der Waals surface area (Å²) >= 11 is 3.36. The summed E-state index contributed by atoms with van der Waals surface area (Å²) in [5, 5.41) is 13.7. The average Bonchev–Trinajstić information content (AvgIpc) is 2.64. The van der Waals surface area contributed by atoms with Crippen molar-refractivity contribution in [3.63, 3.8) is 0 Å². The molecule has 0 unspecified atom stereocenters. The second kappa shape index (κ2) is 4.67. The molecule has 0 saturated heterocycles. The number of hydrogen-bond acceptors (Lipinski definition) is 3. The minimum absolute atomic E-state index is 0.109. The van der Waals surface area contributed by atoms with Crippen LogP contribution in [0.25, 0.3) is 0 Å². The third kappa shape index (κ3) is 2.52. The average molecular weight is 297 g/mol. The van der Waals surface area contributed by atoms with Gasteiger partial charge in [0, 0.05) is 4.47 Å². The quantitative estimate of drug-likeness (QED) is 0.921. The van der Waals surface area contributed by atoms with Crippen molar-refractivity contribution >= 4 is 33.5 Å². The van der Waals surface area contributed by atoms with E-state index in [4.69, 9.17) is 5.11 Å². The fourth-order valence-electron chi connectivity index (χ4n) is 1.50. The number of nitrogens with zero attached hydrogens (tertiary/aromatic N) is 2. The van der Waals surface area contributed by atoms with Crippen LogP contribution in [-0.4, -0.2) is 27.7 Å². The van der Waals surface area contributed by atoms with Gasteiger partial charge in [-0.15, -0.1) is 0 Å². The molecule has 1 aromatic carbocycles. The molecule has 0 spiro atoms. The lowest BCUT2D eigenvalue weighted by atomic mass is 10.2. The van der Waals surface area contributed by atoms with Crippen LogP contribution in [0, 0.1) is 0 Å². The third-order valence-electron chi connectivity index (χ3n) is 2.37. The Balaban J connectivity index is 2.18. The SMILES string of the molecule is O=C(O)C1=NN(Cc2ccccc2Br)C(=O)C1. The first-order valence-electron chi connectivity index (χ1n) is 4.92. The predicted molar refractivity (Wildman–Crippen MR) is 64.4 cm³/mol. The molecule has 0 aliphatic carbocycles. The number of hydrogen-bond donors (Lipinski definition) is 1. The Hall–Kier alpha value is -1.69. The van der Waals surface area contributed by atoms with Crippen molar-refractivity contribution in [2.24, 2.45) is 5.10 Å². The minimum Gasteiger partial charge on any atom is -0.477 e. The van der Waals surface area contributed by atoms with Gasteiger partial charge in [-0.2, -0.15) is 5.10 Å². The largest absolute Gasteiger partial charge is 0.477 e. The van der Waals surface area contributed by atoms with E-state index in [0.717, 1.165) is 10.0 Å². The molecule has 0 aromatic heterocycles. The molecule has 1 aromatic rings. The summed E-state index contributed by atoms with van der Waals surface area (Å²) in [5.74, 6) is -1.44. The number of carboxylic acid groups (broad SMARTS) is 1. The highest BCUT2D eigenvalue weighted by Crippen LogP contribution is 2.20. The fourth-order valence-corrected chi connectivity index (χ4v) is 1.91. The Morgan fingerprint density at radius 1 is 1.47 bits per heavy atom. The van der Waals surface area contributed by atoms with Crippen LogP contribution in [0.4, 0.5) is 0 Å². The molecule has 2 rings (SSSR count). The Morgan fingerprint density at radius 3 is 2.76 bits per heavy atom. The highest BCUT2D eigenvalue weighted by molar-refractivity contribution is 9.10. The number of carboxylic acids is 1. The molecule has 1 aliphatic heterocycles. The maximum atomic E-state index is 11.5. The highest BCUT2D eigenvalue weighted by atomic mass is 79.9. The first-order valence-corrected chi connectivity index (χ1v) is 5.72. The molecule has 5 nitrogen and oxygen atoms in total. The van der Waals surface area contributed by atoms with Gasteiger partial charge < -0.3 is 5.11 Å². The lowest BCUT2D eigenvalue weighted by Gasteiger charge is -2.12. The molecule has 17 heavy (non-hydrogen) atoms. The number of carbonyl (C=O) groups excluding carboxylic acids is 1. The van der Waals surface area contributed by atoms with Gasteiger partial charge in [-0.05, 0) is 11.6 Å². The van der Waals surface area contributed by atoms with E-state index in [9.17, 15) is 9.59 Å². The van der Waals surface area contributed by atoms with Crippen molar-refractivity contribution in [1.82, 2.24) is 5.01 Å². The summed E-state index contributed by atoms with van der Waals surface area (Å²) in [6.07, 6.45) is -0.139. The Bertz CT molecular complexity index is 513. The summed E-state index contributed by atoms with van der Waals surface area (Å²) in [7, 11) is 0. The highest BCUT2D eigenvalue weighted by Gasteiger charge is 2.28. The van der Waals surface area contributed by atoms with E-state index in [-0.39, 0.29) is 24.6 Å². The van der Waals surface area contributed by atoms with Crippen LogP contribution in [0.1, 0.15) is 12.0 Å². The van der Waals surface area contributed by atoms with Crippen LogP contribution >= 0.6 is 15.9 Å². The van der Waals surface area contributed by atoms with Crippen LogP contribution in [0.5, 0.6) is 0 Å². The van der Waals surface area contributed by atoms with Crippen molar-refractivity contribution in [3.8, 4) is 0 Å². The van der Waals surface area contributed by atoms with Gasteiger partial charge in [0.25, 0.3) is 0 Å². The zero-order chi connectivity index (χ0) is 12.4. The van der Waals surface area contributed by atoms with Crippen LogP contribution in [0.3, 0.4) is 0 Å². The molecular weight excluding hydrogens is 288 g/mol. The van der Waals surface area contributed by atoms with Gasteiger partial charge in [-0.1, -0.05) is 34.1 Å². The standard InChI is InChI=1S/C11H9BrN2O3/c12-8-4-2-1-3-7(8)6-14-10(15)5-9(13-14)11(16)17/h1-4H,5-6H2,(H,16,17). The molecule has 1 aliphatic rings. The smallest absolute Gasteiger partial charge is 0.352 e. The van der Waals surface area contributed by atoms with Gasteiger partial charge >= 0.3 is 5.97 Å². The van der Waals surface area contributed by atoms with Crippen LogP contribution < -0.4 is 0 Å². The summed E-state index contributed by atoms with van der Waals surface area (Å²) in [6, 6.07) is 7.43. The van der Waals surface area contributed by atoms with Gasteiger partial charge in [0.15, 0.2) is 5.71 Å².